The van der Waals surface area contributed by atoms with Crippen molar-refractivity contribution in [3.63, 3.8) is 0 Å². The molecule has 0 spiro atoms. The molecule has 90 valence electrons. The van der Waals surface area contributed by atoms with Crippen molar-refractivity contribution < 1.29 is 9.84 Å². The number of rotatable bonds is 4. The zero-order chi connectivity index (χ0) is 12.3. The zero-order valence-electron chi connectivity index (χ0n) is 10.1. The first-order valence-corrected chi connectivity index (χ1v) is 4.93. The monoisotopic (exact) mass is 226 g/mol. The summed E-state index contributed by atoms with van der Waals surface area (Å²) in [6.07, 6.45) is 1.38. The molecule has 0 aliphatic rings. The van der Waals surface area contributed by atoms with Gasteiger partial charge in [0, 0.05) is 7.05 Å². The van der Waals surface area contributed by atoms with Crippen LogP contribution in [-0.2, 0) is 0 Å². The molecule has 0 radical (unpaired) electrons. The number of aliphatic hydroxyl groups is 1. The van der Waals surface area contributed by atoms with Crippen LogP contribution in [0.5, 0.6) is 5.88 Å². The fourth-order valence-corrected chi connectivity index (χ4v) is 1.19. The summed E-state index contributed by atoms with van der Waals surface area (Å²) >= 11 is 0. The van der Waals surface area contributed by atoms with E-state index in [0.29, 0.717) is 17.4 Å². The van der Waals surface area contributed by atoms with E-state index in [1.807, 2.05) is 20.9 Å². The normalized spacial score (nSPS) is 11.3. The Hall–Kier alpha value is -1.56. The Balaban J connectivity index is 3.14. The number of aliphatic hydroxyl groups excluding tert-OH is 1. The first-order chi connectivity index (χ1) is 7.44. The Morgan fingerprint density at radius 1 is 1.50 bits per heavy atom. The third-order valence-corrected chi connectivity index (χ3v) is 2.63. The van der Waals surface area contributed by atoms with Gasteiger partial charge in [-0.15, -0.1) is 0 Å². The number of nitrogens with zero attached hydrogens (tertiary/aromatic N) is 3. The van der Waals surface area contributed by atoms with Crippen LogP contribution in [0.3, 0.4) is 0 Å². The molecule has 1 aromatic rings. The molecule has 0 saturated heterocycles. The Bertz CT molecular complexity index is 368. The van der Waals surface area contributed by atoms with E-state index in [9.17, 15) is 5.11 Å². The van der Waals surface area contributed by atoms with Crippen molar-refractivity contribution in [2.24, 2.45) is 0 Å². The number of methoxy groups -OCH3 is 1. The number of nitrogen functional groups attached to an aromatic ring is 1. The largest absolute Gasteiger partial charge is 0.479 e. The van der Waals surface area contributed by atoms with Gasteiger partial charge in [-0.1, -0.05) is 0 Å². The van der Waals surface area contributed by atoms with E-state index in [-0.39, 0.29) is 6.61 Å². The summed E-state index contributed by atoms with van der Waals surface area (Å²) in [4.78, 5) is 9.80. The molecule has 1 rings (SSSR count). The molecule has 0 unspecified atom stereocenters. The van der Waals surface area contributed by atoms with E-state index in [2.05, 4.69) is 9.97 Å². The van der Waals surface area contributed by atoms with Crippen LogP contribution >= 0.6 is 0 Å². The standard InChI is InChI=1S/C10H18N4O2/c1-10(2,5-15)14(3)8-7(11)9(16-4)13-6-12-8/h6,15H,5,11H2,1-4H3. The third kappa shape index (κ3) is 2.16. The fourth-order valence-electron chi connectivity index (χ4n) is 1.19. The van der Waals surface area contributed by atoms with Crippen molar-refractivity contribution in [3.8, 4) is 5.88 Å². The van der Waals surface area contributed by atoms with Gasteiger partial charge in [0.05, 0.1) is 19.3 Å². The lowest BCUT2D eigenvalue weighted by Crippen LogP contribution is -2.45. The minimum absolute atomic E-state index is 0.00470. The second-order valence-corrected chi connectivity index (χ2v) is 4.15. The van der Waals surface area contributed by atoms with E-state index in [1.54, 1.807) is 4.90 Å². The Morgan fingerprint density at radius 3 is 2.62 bits per heavy atom. The molecule has 1 heterocycles. The average Bonchev–Trinajstić information content (AvgIpc) is 2.28. The van der Waals surface area contributed by atoms with E-state index < -0.39 is 5.54 Å². The van der Waals surface area contributed by atoms with Crippen molar-refractivity contribution >= 4 is 11.5 Å². The highest BCUT2D eigenvalue weighted by molar-refractivity contribution is 5.68. The van der Waals surface area contributed by atoms with Crippen LogP contribution in [0.25, 0.3) is 0 Å². The molecule has 0 bridgehead atoms. The molecule has 1 aromatic heterocycles. The second kappa shape index (κ2) is 4.52. The number of anilines is 2. The van der Waals surface area contributed by atoms with Gasteiger partial charge in [-0.05, 0) is 13.8 Å². The van der Waals surface area contributed by atoms with Gasteiger partial charge >= 0.3 is 0 Å². The number of hydrogen-bond donors (Lipinski definition) is 2. The number of likely N-dealkylation sites (N-methyl/N-ethyl adjacent to an activating group) is 1. The van der Waals surface area contributed by atoms with Gasteiger partial charge in [-0.2, -0.15) is 4.98 Å². The van der Waals surface area contributed by atoms with Crippen LogP contribution in [-0.4, -0.2) is 41.4 Å². The van der Waals surface area contributed by atoms with Gasteiger partial charge in [0.1, 0.15) is 12.0 Å². The predicted octanol–water partition coefficient (Wildman–Crippen LogP) is 0.274. The highest BCUT2D eigenvalue weighted by Crippen LogP contribution is 2.30. The molecular weight excluding hydrogens is 208 g/mol. The van der Waals surface area contributed by atoms with Crippen LogP contribution in [0, 0.1) is 0 Å². The smallest absolute Gasteiger partial charge is 0.242 e. The van der Waals surface area contributed by atoms with Crippen LogP contribution < -0.4 is 15.4 Å². The fraction of sp³-hybridized carbons (Fsp3) is 0.600. The molecule has 3 N–H and O–H groups in total. The van der Waals surface area contributed by atoms with Crippen molar-refractivity contribution in [2.75, 3.05) is 31.4 Å². The Labute approximate surface area is 95.1 Å². The van der Waals surface area contributed by atoms with E-state index in [4.69, 9.17) is 10.5 Å². The quantitative estimate of drug-likeness (QED) is 0.767. The molecule has 0 aromatic carbocycles. The summed E-state index contributed by atoms with van der Waals surface area (Å²) in [6, 6.07) is 0. The van der Waals surface area contributed by atoms with Gasteiger partial charge in [-0.3, -0.25) is 0 Å². The Kier molecular flexibility index (Phi) is 3.54. The summed E-state index contributed by atoms with van der Waals surface area (Å²) in [5.74, 6) is 0.886. The van der Waals surface area contributed by atoms with Gasteiger partial charge in [-0.25, -0.2) is 4.98 Å². The van der Waals surface area contributed by atoms with Crippen LogP contribution in [0.1, 0.15) is 13.8 Å². The molecule has 16 heavy (non-hydrogen) atoms. The van der Waals surface area contributed by atoms with Gasteiger partial charge < -0.3 is 20.5 Å². The molecule has 0 amide bonds. The van der Waals surface area contributed by atoms with Gasteiger partial charge in [0.15, 0.2) is 5.82 Å². The molecule has 0 saturated carbocycles. The second-order valence-electron chi connectivity index (χ2n) is 4.15. The molecule has 0 aliphatic heterocycles. The van der Waals surface area contributed by atoms with Crippen molar-refractivity contribution in [1.82, 2.24) is 9.97 Å². The molecule has 6 nitrogen and oxygen atoms in total. The maximum Gasteiger partial charge on any atom is 0.242 e. The van der Waals surface area contributed by atoms with Gasteiger partial charge in [0.2, 0.25) is 5.88 Å². The van der Waals surface area contributed by atoms with E-state index >= 15 is 0 Å². The minimum Gasteiger partial charge on any atom is -0.479 e. The van der Waals surface area contributed by atoms with E-state index in [1.165, 1.54) is 13.4 Å². The average molecular weight is 226 g/mol. The lowest BCUT2D eigenvalue weighted by Gasteiger charge is -2.35. The van der Waals surface area contributed by atoms with Gasteiger partial charge in [0.25, 0.3) is 0 Å². The predicted molar refractivity (Wildman–Crippen MR) is 62.6 cm³/mol. The maximum atomic E-state index is 9.29. The summed E-state index contributed by atoms with van der Waals surface area (Å²) in [5, 5.41) is 9.29. The molecule has 0 aliphatic carbocycles. The van der Waals surface area contributed by atoms with Crippen molar-refractivity contribution in [2.45, 2.75) is 19.4 Å². The Morgan fingerprint density at radius 2 is 2.12 bits per heavy atom. The highest BCUT2D eigenvalue weighted by Gasteiger charge is 2.26. The number of aromatic nitrogens is 2. The number of hydrogen-bond acceptors (Lipinski definition) is 6. The number of nitrogens with two attached hydrogens (primary N) is 1. The van der Waals surface area contributed by atoms with Crippen LogP contribution in [0.4, 0.5) is 11.5 Å². The van der Waals surface area contributed by atoms with E-state index in [0.717, 1.165) is 0 Å². The topological polar surface area (TPSA) is 84.5 Å². The van der Waals surface area contributed by atoms with Crippen molar-refractivity contribution in [3.05, 3.63) is 6.33 Å². The molecular formula is C10H18N4O2. The zero-order valence-corrected chi connectivity index (χ0v) is 10.1. The SMILES string of the molecule is COc1ncnc(N(C)C(C)(C)CO)c1N. The maximum absolute atomic E-state index is 9.29. The van der Waals surface area contributed by atoms with Crippen molar-refractivity contribution in [1.29, 1.82) is 0 Å². The number of ether oxygens (including phenoxy) is 1. The summed E-state index contributed by atoms with van der Waals surface area (Å²) in [7, 11) is 3.31. The first kappa shape index (κ1) is 12.5. The molecule has 0 fully saturated rings. The minimum atomic E-state index is -0.451. The first-order valence-electron chi connectivity index (χ1n) is 4.93. The summed E-state index contributed by atoms with van der Waals surface area (Å²) < 4.78 is 5.02. The van der Waals surface area contributed by atoms with Crippen LogP contribution in [0.2, 0.25) is 0 Å². The lowest BCUT2D eigenvalue weighted by molar-refractivity contribution is 0.215. The molecule has 0 atom stereocenters. The lowest BCUT2D eigenvalue weighted by atomic mass is 10.1. The van der Waals surface area contributed by atoms with Crippen LogP contribution in [0.15, 0.2) is 6.33 Å². The highest BCUT2D eigenvalue weighted by atomic mass is 16.5. The molecule has 6 heteroatoms. The summed E-state index contributed by atoms with van der Waals surface area (Å²) in [5.41, 5.74) is 5.79. The summed E-state index contributed by atoms with van der Waals surface area (Å²) in [6.45, 7) is 3.78. The third-order valence-electron chi connectivity index (χ3n) is 2.63.